The van der Waals surface area contributed by atoms with Gasteiger partial charge in [0.25, 0.3) is 0 Å². The molecule has 0 spiro atoms. The first kappa shape index (κ1) is 26.8. The number of piperazine rings is 1. The molecule has 1 saturated heterocycles. The Balaban J connectivity index is 0.000000538. The first-order valence-electron chi connectivity index (χ1n) is 10.9. The minimum absolute atomic E-state index is 0.128. The minimum Gasteiger partial charge on any atom is -0.473 e. The van der Waals surface area contributed by atoms with Gasteiger partial charge in [-0.25, -0.2) is 22.4 Å². The number of para-hydroxylation sites is 1. The molecule has 1 aliphatic rings. The SMILES string of the molecule is O=C(O)C(=O)O.O=S(=O)(c1ccc(F)cc1)N1CCN(Cc2cccc(Oc3ccccc3)c2)CC1. The van der Waals surface area contributed by atoms with Crippen LogP contribution in [0.15, 0.2) is 83.8 Å². The van der Waals surface area contributed by atoms with E-state index in [0.717, 1.165) is 23.6 Å². The maximum Gasteiger partial charge on any atom is 0.414 e. The van der Waals surface area contributed by atoms with E-state index in [0.29, 0.717) is 26.2 Å². The van der Waals surface area contributed by atoms with Crippen LogP contribution in [0.2, 0.25) is 0 Å². The van der Waals surface area contributed by atoms with Gasteiger partial charge in [-0.15, -0.1) is 0 Å². The number of carboxylic acids is 2. The van der Waals surface area contributed by atoms with E-state index in [-0.39, 0.29) is 4.90 Å². The summed E-state index contributed by atoms with van der Waals surface area (Å²) < 4.78 is 46.0. The summed E-state index contributed by atoms with van der Waals surface area (Å²) in [6.07, 6.45) is 0. The Morgan fingerprint density at radius 3 is 1.97 bits per heavy atom. The molecule has 2 N–H and O–H groups in total. The van der Waals surface area contributed by atoms with Gasteiger partial charge >= 0.3 is 11.9 Å². The van der Waals surface area contributed by atoms with Crippen LogP contribution in [-0.2, 0) is 26.2 Å². The highest BCUT2D eigenvalue weighted by Crippen LogP contribution is 2.23. The normalized spacial score (nSPS) is 14.4. The van der Waals surface area contributed by atoms with Gasteiger partial charge in [0.1, 0.15) is 17.3 Å². The summed E-state index contributed by atoms with van der Waals surface area (Å²) in [6.45, 7) is 2.78. The average Bonchev–Trinajstić information content (AvgIpc) is 2.86. The molecule has 9 nitrogen and oxygen atoms in total. The number of sulfonamides is 1. The number of hydrogen-bond acceptors (Lipinski definition) is 6. The highest BCUT2D eigenvalue weighted by Gasteiger charge is 2.28. The third-order valence-corrected chi connectivity index (χ3v) is 7.16. The van der Waals surface area contributed by atoms with E-state index in [2.05, 4.69) is 4.90 Å². The van der Waals surface area contributed by atoms with Crippen molar-refractivity contribution >= 4 is 22.0 Å². The van der Waals surface area contributed by atoms with Crippen molar-refractivity contribution < 1.29 is 37.3 Å². The van der Waals surface area contributed by atoms with Crippen LogP contribution in [0, 0.1) is 5.82 Å². The lowest BCUT2D eigenvalue weighted by Crippen LogP contribution is -2.48. The second-order valence-electron chi connectivity index (χ2n) is 7.81. The van der Waals surface area contributed by atoms with Crippen molar-refractivity contribution in [1.29, 1.82) is 0 Å². The minimum atomic E-state index is -3.60. The van der Waals surface area contributed by atoms with Crippen molar-refractivity contribution in [3.63, 3.8) is 0 Å². The van der Waals surface area contributed by atoms with Crippen molar-refractivity contribution in [2.24, 2.45) is 0 Å². The summed E-state index contributed by atoms with van der Waals surface area (Å²) in [6, 6.07) is 22.5. The summed E-state index contributed by atoms with van der Waals surface area (Å²) in [5.41, 5.74) is 1.11. The first-order valence-corrected chi connectivity index (χ1v) is 12.4. The van der Waals surface area contributed by atoms with E-state index in [4.69, 9.17) is 24.5 Å². The van der Waals surface area contributed by atoms with Gasteiger partial charge in [0.05, 0.1) is 4.90 Å². The van der Waals surface area contributed by atoms with Crippen LogP contribution in [0.4, 0.5) is 4.39 Å². The van der Waals surface area contributed by atoms with E-state index in [9.17, 15) is 12.8 Å². The summed E-state index contributed by atoms with van der Waals surface area (Å²) in [5.74, 6) is -2.53. The van der Waals surface area contributed by atoms with Gasteiger partial charge in [0.15, 0.2) is 0 Å². The Kier molecular flexibility index (Phi) is 9.12. The Hall–Kier alpha value is -3.80. The summed E-state index contributed by atoms with van der Waals surface area (Å²) in [4.78, 5) is 20.5. The zero-order valence-corrected chi connectivity index (χ0v) is 20.0. The Bertz CT molecular complexity index is 1270. The van der Waals surface area contributed by atoms with Crippen molar-refractivity contribution in [3.8, 4) is 11.5 Å². The van der Waals surface area contributed by atoms with Gasteiger partial charge in [0.2, 0.25) is 10.0 Å². The van der Waals surface area contributed by atoms with Crippen molar-refractivity contribution in [3.05, 3.63) is 90.2 Å². The molecular weight excluding hydrogens is 491 g/mol. The zero-order valence-electron chi connectivity index (χ0n) is 19.2. The number of benzene rings is 3. The molecule has 3 aromatic carbocycles. The van der Waals surface area contributed by atoms with Crippen molar-refractivity contribution in [1.82, 2.24) is 9.21 Å². The van der Waals surface area contributed by atoms with Crippen LogP contribution in [0.1, 0.15) is 5.56 Å². The molecule has 0 aliphatic carbocycles. The molecule has 0 aromatic heterocycles. The summed E-state index contributed by atoms with van der Waals surface area (Å²) in [5, 5.41) is 14.8. The fourth-order valence-electron chi connectivity index (χ4n) is 3.47. The number of aliphatic carboxylic acids is 2. The molecule has 0 saturated carbocycles. The Morgan fingerprint density at radius 1 is 0.806 bits per heavy atom. The molecule has 190 valence electrons. The van der Waals surface area contributed by atoms with E-state index in [1.165, 1.54) is 28.6 Å². The smallest absolute Gasteiger partial charge is 0.414 e. The second-order valence-corrected chi connectivity index (χ2v) is 9.74. The van der Waals surface area contributed by atoms with Gasteiger partial charge in [0, 0.05) is 32.7 Å². The number of carboxylic acid groups (broad SMARTS) is 2. The summed E-state index contributed by atoms with van der Waals surface area (Å²) in [7, 11) is -3.60. The highest BCUT2D eigenvalue weighted by atomic mass is 32.2. The molecule has 0 unspecified atom stereocenters. The predicted molar refractivity (Wildman–Crippen MR) is 129 cm³/mol. The first-order chi connectivity index (χ1) is 17.1. The molecular formula is C25H25FN2O7S. The molecule has 1 heterocycles. The van der Waals surface area contributed by atoms with Gasteiger partial charge in [-0.1, -0.05) is 30.3 Å². The third kappa shape index (κ3) is 7.60. The maximum atomic E-state index is 13.1. The van der Waals surface area contributed by atoms with E-state index >= 15 is 0 Å². The fourth-order valence-corrected chi connectivity index (χ4v) is 4.90. The zero-order chi connectivity index (χ0) is 26.1. The van der Waals surface area contributed by atoms with Crippen LogP contribution >= 0.6 is 0 Å². The van der Waals surface area contributed by atoms with Crippen LogP contribution in [0.3, 0.4) is 0 Å². The average molecular weight is 517 g/mol. The van der Waals surface area contributed by atoms with E-state index in [1.54, 1.807) is 0 Å². The van der Waals surface area contributed by atoms with Gasteiger partial charge in [-0.05, 0) is 54.1 Å². The second kappa shape index (κ2) is 12.2. The number of rotatable bonds is 6. The predicted octanol–water partition coefficient (Wildman–Crippen LogP) is 3.28. The molecule has 0 atom stereocenters. The van der Waals surface area contributed by atoms with Crippen LogP contribution in [0.25, 0.3) is 0 Å². The number of carbonyl (C=O) groups is 2. The standard InChI is InChI=1S/C23H23FN2O3S.C2H2O4/c24-20-9-11-23(12-10-20)30(27,28)26-15-13-25(14-16-26)18-19-5-4-8-22(17-19)29-21-6-2-1-3-7-21;3-1(4)2(5)6/h1-12,17H,13-16,18H2;(H,3,4)(H,5,6). The largest absolute Gasteiger partial charge is 0.473 e. The summed E-state index contributed by atoms with van der Waals surface area (Å²) >= 11 is 0. The van der Waals surface area contributed by atoms with Gasteiger partial charge in [-0.2, -0.15) is 4.31 Å². The Morgan fingerprint density at radius 2 is 1.39 bits per heavy atom. The van der Waals surface area contributed by atoms with Crippen LogP contribution in [-0.4, -0.2) is 66.0 Å². The van der Waals surface area contributed by atoms with E-state index in [1.807, 2.05) is 54.6 Å². The number of hydrogen-bond donors (Lipinski definition) is 2. The molecule has 1 aliphatic heterocycles. The lowest BCUT2D eigenvalue weighted by atomic mass is 10.2. The lowest BCUT2D eigenvalue weighted by Gasteiger charge is -2.34. The van der Waals surface area contributed by atoms with Gasteiger partial charge in [-0.3, -0.25) is 4.90 Å². The molecule has 0 bridgehead atoms. The Labute approximate surface area is 208 Å². The monoisotopic (exact) mass is 516 g/mol. The molecule has 1 fully saturated rings. The van der Waals surface area contributed by atoms with Crippen LogP contribution in [0.5, 0.6) is 11.5 Å². The maximum absolute atomic E-state index is 13.1. The molecule has 3 aromatic rings. The lowest BCUT2D eigenvalue weighted by molar-refractivity contribution is -0.159. The van der Waals surface area contributed by atoms with Crippen LogP contribution < -0.4 is 4.74 Å². The fraction of sp³-hybridized carbons (Fsp3) is 0.200. The van der Waals surface area contributed by atoms with Gasteiger partial charge < -0.3 is 14.9 Å². The van der Waals surface area contributed by atoms with Crippen molar-refractivity contribution in [2.75, 3.05) is 26.2 Å². The quantitative estimate of drug-likeness (QED) is 0.479. The third-order valence-electron chi connectivity index (χ3n) is 5.25. The van der Waals surface area contributed by atoms with Crippen molar-refractivity contribution in [2.45, 2.75) is 11.4 Å². The molecule has 4 rings (SSSR count). The molecule has 36 heavy (non-hydrogen) atoms. The topological polar surface area (TPSA) is 124 Å². The number of ether oxygens (including phenoxy) is 1. The number of halogens is 1. The molecule has 0 radical (unpaired) electrons. The van der Waals surface area contributed by atoms with E-state index < -0.39 is 27.8 Å². The molecule has 11 heteroatoms. The molecule has 0 amide bonds. The highest BCUT2D eigenvalue weighted by molar-refractivity contribution is 7.89. The number of nitrogens with zero attached hydrogens (tertiary/aromatic N) is 2.